The van der Waals surface area contributed by atoms with E-state index >= 15 is 0 Å². The van der Waals surface area contributed by atoms with E-state index in [0.717, 1.165) is 12.5 Å². The van der Waals surface area contributed by atoms with Gasteiger partial charge in [0.15, 0.2) is 0 Å². The summed E-state index contributed by atoms with van der Waals surface area (Å²) in [6.45, 7) is 9.90. The molecule has 0 rings (SSSR count). The third kappa shape index (κ3) is 6.09. The van der Waals surface area contributed by atoms with Gasteiger partial charge in [0.2, 0.25) is 0 Å². The molecule has 0 bridgehead atoms. The topological polar surface area (TPSA) is 14.1 Å². The Hall–Kier alpha value is -0.0400. The van der Waals surface area contributed by atoms with E-state index in [2.05, 4.69) is 33.0 Å². The summed E-state index contributed by atoms with van der Waals surface area (Å²) >= 11 is 0. The zero-order chi connectivity index (χ0) is 7.98. The van der Waals surface area contributed by atoms with Crippen molar-refractivity contribution in [2.75, 3.05) is 6.54 Å². The van der Waals surface area contributed by atoms with E-state index in [1.54, 1.807) is 0 Å². The van der Waals surface area contributed by atoms with Gasteiger partial charge in [0.1, 0.15) is 0 Å². The average molecular weight is 142 g/mol. The summed E-state index contributed by atoms with van der Waals surface area (Å²) < 4.78 is 0. The van der Waals surface area contributed by atoms with E-state index in [4.69, 9.17) is 0 Å². The third-order valence-corrected chi connectivity index (χ3v) is 1.74. The minimum absolute atomic E-state index is 0.568. The third-order valence-electron chi connectivity index (χ3n) is 1.74. The predicted octanol–water partition coefficient (Wildman–Crippen LogP) is 2.44. The number of nitrogens with zero attached hydrogens (tertiary/aromatic N) is 1. The van der Waals surface area contributed by atoms with Gasteiger partial charge in [-0.1, -0.05) is 20.8 Å². The Morgan fingerprint density at radius 1 is 1.20 bits per heavy atom. The molecule has 10 heavy (non-hydrogen) atoms. The molecule has 0 aliphatic rings. The monoisotopic (exact) mass is 142 g/mol. The summed E-state index contributed by atoms with van der Waals surface area (Å²) in [5.41, 5.74) is 0. The molecular weight excluding hydrogens is 122 g/mol. The van der Waals surface area contributed by atoms with Gasteiger partial charge in [0.05, 0.1) is 0 Å². The van der Waals surface area contributed by atoms with Crippen molar-refractivity contribution in [3.63, 3.8) is 0 Å². The highest BCUT2D eigenvalue weighted by molar-refractivity contribution is 4.57. The van der Waals surface area contributed by atoms with Gasteiger partial charge >= 0.3 is 0 Å². The van der Waals surface area contributed by atoms with Crippen LogP contribution in [0, 0.1) is 5.92 Å². The van der Waals surface area contributed by atoms with E-state index in [9.17, 15) is 0 Å². The molecule has 0 heterocycles. The van der Waals surface area contributed by atoms with Crippen LogP contribution in [0.3, 0.4) is 0 Å². The summed E-state index contributed by atoms with van der Waals surface area (Å²) in [6, 6.07) is 0.568. The lowest BCUT2D eigenvalue weighted by Gasteiger charge is -2.09. The smallest absolute Gasteiger partial charge is 0.0215 e. The van der Waals surface area contributed by atoms with Crippen LogP contribution in [0.4, 0.5) is 0 Å². The molecule has 0 aromatic rings. The van der Waals surface area contributed by atoms with Crippen molar-refractivity contribution in [2.24, 2.45) is 5.92 Å². The van der Waals surface area contributed by atoms with Gasteiger partial charge in [-0.25, -0.2) is 5.32 Å². The fraction of sp³-hybridized carbons (Fsp3) is 1.00. The molecule has 61 valence electrons. The van der Waals surface area contributed by atoms with Crippen LogP contribution in [0.1, 0.15) is 40.5 Å². The van der Waals surface area contributed by atoms with E-state index in [-0.39, 0.29) is 0 Å². The van der Waals surface area contributed by atoms with Gasteiger partial charge < -0.3 is 0 Å². The lowest BCUT2D eigenvalue weighted by atomic mass is 10.1. The first-order valence-corrected chi connectivity index (χ1v) is 4.33. The molecule has 0 fully saturated rings. The van der Waals surface area contributed by atoms with Crippen LogP contribution < -0.4 is 5.32 Å². The number of hydrogen-bond acceptors (Lipinski definition) is 0. The molecule has 0 saturated heterocycles. The van der Waals surface area contributed by atoms with E-state index in [1.165, 1.54) is 12.8 Å². The molecule has 0 aromatic carbocycles. The quantitative estimate of drug-likeness (QED) is 0.560. The predicted molar refractivity (Wildman–Crippen MR) is 46.2 cm³/mol. The van der Waals surface area contributed by atoms with Crippen LogP contribution in [-0.4, -0.2) is 12.6 Å². The van der Waals surface area contributed by atoms with Crippen LogP contribution in [0.2, 0.25) is 0 Å². The highest BCUT2D eigenvalue weighted by Gasteiger charge is 1.98. The molecule has 1 nitrogen and oxygen atoms in total. The van der Waals surface area contributed by atoms with Gasteiger partial charge in [-0.15, -0.1) is 0 Å². The first-order chi connectivity index (χ1) is 4.66. The maximum atomic E-state index is 4.48. The first kappa shape index (κ1) is 9.96. The largest absolute Gasteiger partial charge is 0.239 e. The lowest BCUT2D eigenvalue weighted by molar-refractivity contribution is 0.471. The van der Waals surface area contributed by atoms with Crippen molar-refractivity contribution in [1.82, 2.24) is 5.32 Å². The molecule has 0 aromatic heterocycles. The second kappa shape index (κ2) is 5.72. The zero-order valence-corrected chi connectivity index (χ0v) is 7.72. The van der Waals surface area contributed by atoms with Crippen molar-refractivity contribution < 1.29 is 0 Å². The highest BCUT2D eigenvalue weighted by Crippen LogP contribution is 1.98. The van der Waals surface area contributed by atoms with Crippen LogP contribution in [0.15, 0.2) is 0 Å². The van der Waals surface area contributed by atoms with Gasteiger partial charge in [-0.05, 0) is 25.7 Å². The maximum Gasteiger partial charge on any atom is 0.0215 e. The van der Waals surface area contributed by atoms with Crippen molar-refractivity contribution >= 4 is 0 Å². The highest BCUT2D eigenvalue weighted by atomic mass is 14.9. The fourth-order valence-electron chi connectivity index (χ4n) is 0.682. The molecule has 0 aliphatic carbocycles. The molecule has 0 saturated carbocycles. The molecule has 1 heteroatoms. The zero-order valence-electron chi connectivity index (χ0n) is 7.72. The van der Waals surface area contributed by atoms with Gasteiger partial charge in [0, 0.05) is 12.6 Å². The van der Waals surface area contributed by atoms with Gasteiger partial charge in [-0.3, -0.25) is 0 Å². The van der Waals surface area contributed by atoms with Crippen molar-refractivity contribution in [2.45, 2.75) is 46.6 Å². The molecule has 1 unspecified atom stereocenters. The molecule has 1 radical (unpaired) electrons. The Morgan fingerprint density at radius 2 is 1.80 bits per heavy atom. The van der Waals surface area contributed by atoms with E-state index in [1.807, 2.05) is 0 Å². The Morgan fingerprint density at radius 3 is 2.20 bits per heavy atom. The van der Waals surface area contributed by atoms with E-state index in [0.29, 0.717) is 6.04 Å². The average Bonchev–Trinajstić information content (AvgIpc) is 1.87. The Kier molecular flexibility index (Phi) is 5.70. The molecule has 0 aliphatic heterocycles. The minimum Gasteiger partial charge on any atom is -0.239 e. The Bertz CT molecular complexity index is 69.1. The number of hydrogen-bond donors (Lipinski definition) is 0. The molecule has 0 amide bonds. The SMILES string of the molecule is CCC(C)[N]CCC(C)C. The summed E-state index contributed by atoms with van der Waals surface area (Å²) in [5.74, 6) is 0.799. The first-order valence-electron chi connectivity index (χ1n) is 4.33. The van der Waals surface area contributed by atoms with Crippen molar-refractivity contribution in [1.29, 1.82) is 0 Å². The molecular formula is C9H20N. The lowest BCUT2D eigenvalue weighted by Crippen LogP contribution is -2.19. The standard InChI is InChI=1S/C9H20N/c1-5-9(4)10-7-6-8(2)3/h8-9H,5-7H2,1-4H3. The minimum atomic E-state index is 0.568. The second-order valence-corrected chi connectivity index (χ2v) is 3.35. The van der Waals surface area contributed by atoms with Crippen LogP contribution >= 0.6 is 0 Å². The maximum absolute atomic E-state index is 4.48. The summed E-state index contributed by atoms with van der Waals surface area (Å²) in [4.78, 5) is 0. The second-order valence-electron chi connectivity index (χ2n) is 3.35. The molecule has 0 spiro atoms. The summed E-state index contributed by atoms with van der Waals surface area (Å²) in [6.07, 6.45) is 2.42. The molecule has 0 N–H and O–H groups in total. The van der Waals surface area contributed by atoms with Crippen LogP contribution in [-0.2, 0) is 0 Å². The van der Waals surface area contributed by atoms with Crippen molar-refractivity contribution in [3.8, 4) is 0 Å². The fourth-order valence-corrected chi connectivity index (χ4v) is 0.682. The van der Waals surface area contributed by atoms with Crippen LogP contribution in [0.5, 0.6) is 0 Å². The Labute approximate surface area is 65.2 Å². The normalized spacial score (nSPS) is 14.1. The van der Waals surface area contributed by atoms with E-state index < -0.39 is 0 Å². The Balaban J connectivity index is 3.03. The summed E-state index contributed by atoms with van der Waals surface area (Å²) in [5, 5.41) is 4.48. The number of rotatable bonds is 5. The summed E-state index contributed by atoms with van der Waals surface area (Å²) in [7, 11) is 0. The van der Waals surface area contributed by atoms with Gasteiger partial charge in [0.25, 0.3) is 0 Å². The molecule has 1 atom stereocenters. The van der Waals surface area contributed by atoms with Gasteiger partial charge in [-0.2, -0.15) is 0 Å². The van der Waals surface area contributed by atoms with Crippen LogP contribution in [0.25, 0.3) is 0 Å². The van der Waals surface area contributed by atoms with Crippen molar-refractivity contribution in [3.05, 3.63) is 0 Å².